The molecule has 3 aliphatic rings. The molecule has 16 nitrogen and oxygen atoms in total. The third-order valence-corrected chi connectivity index (χ3v) is 15.8. The number of alkyl halides is 9. The fourth-order valence-corrected chi connectivity index (χ4v) is 11.0. The maximum atomic E-state index is 13.2. The summed E-state index contributed by atoms with van der Waals surface area (Å²) in [5.74, 6) is 2.05. The third-order valence-electron chi connectivity index (χ3n) is 15.8. The second-order valence-electron chi connectivity index (χ2n) is 21.8. The Bertz CT molecular complexity index is 3920. The fraction of sp³-hybridized carbons (Fsp3) is 0.246. The van der Waals surface area contributed by atoms with Gasteiger partial charge in [0.25, 0.3) is 5.91 Å². The minimum absolute atomic E-state index is 0.0601. The van der Waals surface area contributed by atoms with Gasteiger partial charge in [-0.1, -0.05) is 30.3 Å². The summed E-state index contributed by atoms with van der Waals surface area (Å²) in [5, 5.41) is 0. The number of halogens is 9. The second kappa shape index (κ2) is 28.5. The van der Waals surface area contributed by atoms with Gasteiger partial charge in [-0.25, -0.2) is 0 Å². The molecule has 0 saturated heterocycles. The molecule has 0 N–H and O–H groups in total. The molecule has 0 spiro atoms. The molecule has 0 fully saturated rings. The molecule has 1 unspecified atom stereocenters. The van der Waals surface area contributed by atoms with Gasteiger partial charge in [0.2, 0.25) is 17.7 Å². The van der Waals surface area contributed by atoms with E-state index in [9.17, 15) is 58.7 Å². The highest BCUT2D eigenvalue weighted by atomic mass is 19.4. The van der Waals surface area contributed by atoms with Gasteiger partial charge in [0.05, 0.1) is 38.0 Å². The van der Waals surface area contributed by atoms with Crippen molar-refractivity contribution in [1.29, 1.82) is 0 Å². The summed E-state index contributed by atoms with van der Waals surface area (Å²) in [4.78, 5) is 55.9. The highest BCUT2D eigenvalue weighted by molar-refractivity contribution is 6.05. The van der Waals surface area contributed by atoms with Crippen molar-refractivity contribution in [3.63, 3.8) is 0 Å². The van der Waals surface area contributed by atoms with E-state index < -0.39 is 65.2 Å². The van der Waals surface area contributed by atoms with E-state index in [2.05, 4.69) is 0 Å². The molecule has 0 aliphatic carbocycles. The van der Waals surface area contributed by atoms with Crippen LogP contribution in [0, 0.1) is 0 Å². The molecular formula is C69H61F9N6O10. The van der Waals surface area contributed by atoms with Gasteiger partial charge in [-0.2, -0.15) is 39.5 Å². The Labute approximate surface area is 533 Å². The highest BCUT2D eigenvalue weighted by Gasteiger charge is 2.40. The van der Waals surface area contributed by atoms with Gasteiger partial charge in [0.1, 0.15) is 92.1 Å². The number of hydrogen-bond acceptors (Lipinski definition) is 10. The number of ether oxygens (including phenoxy) is 6. The Morgan fingerprint density at radius 2 is 0.713 bits per heavy atom. The van der Waals surface area contributed by atoms with Crippen molar-refractivity contribution in [2.24, 2.45) is 0 Å². The number of amides is 4. The Morgan fingerprint density at radius 1 is 0.394 bits per heavy atom. The van der Waals surface area contributed by atoms with Gasteiger partial charge >= 0.3 is 18.5 Å². The Kier molecular flexibility index (Phi) is 20.1. The van der Waals surface area contributed by atoms with Crippen LogP contribution < -0.4 is 28.4 Å². The summed E-state index contributed by atoms with van der Waals surface area (Å²) < 4.78 is 156. The normalized spacial score (nSPS) is 16.1. The molecular weight excluding hydrogens is 1240 g/mol. The molecule has 94 heavy (non-hydrogen) atoms. The van der Waals surface area contributed by atoms with Crippen LogP contribution in [0.3, 0.4) is 0 Å². The minimum atomic E-state index is -4.60. The van der Waals surface area contributed by atoms with Crippen LogP contribution in [0.4, 0.5) is 39.5 Å². The first kappa shape index (κ1) is 66.3. The van der Waals surface area contributed by atoms with Crippen LogP contribution in [0.5, 0.6) is 34.5 Å². The maximum Gasteiger partial charge on any atom is 0.416 e. The first-order chi connectivity index (χ1) is 45.0. The van der Waals surface area contributed by atoms with Gasteiger partial charge in [-0.15, -0.1) is 0 Å². The van der Waals surface area contributed by atoms with E-state index in [1.807, 2.05) is 45.8 Å². The van der Waals surface area contributed by atoms with E-state index in [0.717, 1.165) is 58.8 Å². The number of methoxy groups -OCH3 is 3. The zero-order valence-corrected chi connectivity index (χ0v) is 50.6. The molecule has 6 heterocycles. The lowest BCUT2D eigenvalue weighted by molar-refractivity contribution is -0.139. The summed E-state index contributed by atoms with van der Waals surface area (Å²) >= 11 is 0. The van der Waals surface area contributed by atoms with Crippen LogP contribution in [0.25, 0.3) is 0 Å². The lowest BCUT2D eigenvalue weighted by Crippen LogP contribution is -2.48. The summed E-state index contributed by atoms with van der Waals surface area (Å²) in [7, 11) is 4.68. The van der Waals surface area contributed by atoms with Crippen molar-refractivity contribution in [2.75, 3.05) is 41.2 Å². The van der Waals surface area contributed by atoms with Crippen molar-refractivity contribution in [1.82, 2.24) is 28.4 Å². The molecule has 12 rings (SSSR count). The monoisotopic (exact) mass is 1300 g/mol. The zero-order valence-electron chi connectivity index (χ0n) is 50.6. The van der Waals surface area contributed by atoms with Crippen molar-refractivity contribution in [2.45, 2.75) is 69.4 Å². The molecule has 3 atom stereocenters. The summed E-state index contributed by atoms with van der Waals surface area (Å²) in [6.07, 6.45) is -8.14. The summed E-state index contributed by atoms with van der Waals surface area (Å²) in [6.45, 7) is 0.580. The topological polar surface area (TPSA) is 148 Å². The van der Waals surface area contributed by atoms with Crippen molar-refractivity contribution in [3.05, 3.63) is 251 Å². The quantitative estimate of drug-likeness (QED) is 0.0637. The lowest BCUT2D eigenvalue weighted by Gasteiger charge is -2.36. The Balaban J connectivity index is 0.000000154. The fourth-order valence-electron chi connectivity index (χ4n) is 11.0. The first-order valence-corrected chi connectivity index (χ1v) is 29.2. The molecule has 25 heteroatoms. The highest BCUT2D eigenvalue weighted by Crippen LogP contribution is 2.37. The average Bonchev–Trinajstić information content (AvgIpc) is 1.45. The predicted octanol–water partition coefficient (Wildman–Crippen LogP) is 13.7. The second-order valence-corrected chi connectivity index (χ2v) is 21.8. The largest absolute Gasteiger partial charge is 0.497 e. The molecule has 490 valence electrons. The molecule has 0 bridgehead atoms. The maximum absolute atomic E-state index is 13.2. The van der Waals surface area contributed by atoms with Crippen molar-refractivity contribution in [3.8, 4) is 34.5 Å². The van der Waals surface area contributed by atoms with E-state index in [1.165, 1.54) is 25.3 Å². The number of imide groups is 1. The van der Waals surface area contributed by atoms with Crippen molar-refractivity contribution >= 4 is 23.6 Å². The number of rotatable bonds is 17. The smallest absolute Gasteiger partial charge is 0.416 e. The van der Waals surface area contributed by atoms with E-state index >= 15 is 0 Å². The molecule has 3 aliphatic heterocycles. The number of fused-ring (bicyclic) bond motifs is 3. The van der Waals surface area contributed by atoms with Crippen LogP contribution in [-0.4, -0.2) is 93.2 Å². The van der Waals surface area contributed by atoms with Crippen LogP contribution in [0.15, 0.2) is 201 Å². The average molecular weight is 1310 g/mol. The van der Waals surface area contributed by atoms with Gasteiger partial charge in [-0.05, 0) is 163 Å². The number of aromatic nitrogens is 3. The van der Waals surface area contributed by atoms with Crippen LogP contribution in [0.2, 0.25) is 0 Å². The van der Waals surface area contributed by atoms with Crippen LogP contribution in [0.1, 0.15) is 73.4 Å². The molecule has 6 aromatic carbocycles. The number of carbonyl (C=O) groups is 4. The number of carbonyl (C=O) groups excluding carboxylic acids is 4. The van der Waals surface area contributed by atoms with Crippen LogP contribution in [-0.2, 0) is 65.6 Å². The minimum Gasteiger partial charge on any atom is -0.497 e. The number of hydrogen-bond donors (Lipinski definition) is 0. The number of benzene rings is 6. The molecule has 3 aromatic heterocycles. The van der Waals surface area contributed by atoms with Gasteiger partial charge in [-0.3, -0.25) is 24.1 Å². The SMILES string of the molecule is COc1ccc(OCC2c3cccn3CC(=O)N2Cc2cccc(C(F)(F)F)c2)cc1.COc1ccc(OC[C@@H]2c3cccn3CC(=O)N2C(=O)c2cccc(C(F)(F)F)c2)cc1.COc1ccc(OC[C@H]2c3cccn3CC(=O)N2Cc2cccc(C(F)(F)F)c2)cc1. The van der Waals surface area contributed by atoms with Gasteiger partial charge < -0.3 is 51.9 Å². The Morgan fingerprint density at radius 3 is 1.07 bits per heavy atom. The van der Waals surface area contributed by atoms with E-state index in [-0.39, 0.29) is 69.9 Å². The molecule has 9 aromatic rings. The molecule has 0 saturated carbocycles. The Hall–Kier alpha value is -10.6. The zero-order chi connectivity index (χ0) is 66.9. The molecule has 0 radical (unpaired) electrons. The van der Waals surface area contributed by atoms with E-state index in [0.29, 0.717) is 51.3 Å². The summed E-state index contributed by atoms with van der Waals surface area (Å²) in [6, 6.07) is 44.4. The predicted molar refractivity (Wildman–Crippen MR) is 324 cm³/mol. The standard InChI is InChI=1S/C23H19F3N2O4.2C23H21F3N2O3/c1-31-17-7-9-18(10-8-17)32-14-20-19-6-3-11-27(19)13-21(29)28(20)22(30)15-4-2-5-16(12-15)23(24,25)26;2*1-30-18-7-9-19(10-8-18)31-15-21-20-6-3-11-27(20)14-22(29)28(21)13-16-4-2-5-17(12-16)23(24,25)26/h2-12,20H,13-14H2,1H3;2*2-12,21H,13-15H2,1H3/t20-;21-;/m10./s1. The molecule has 4 amide bonds. The van der Waals surface area contributed by atoms with Crippen LogP contribution >= 0.6 is 0 Å². The first-order valence-electron chi connectivity index (χ1n) is 29.2. The summed E-state index contributed by atoms with van der Waals surface area (Å²) in [5.41, 5.74) is 0.589. The van der Waals surface area contributed by atoms with E-state index in [1.54, 1.807) is 132 Å². The lowest BCUT2D eigenvalue weighted by atomic mass is 10.1. The van der Waals surface area contributed by atoms with E-state index in [4.69, 9.17) is 28.4 Å². The van der Waals surface area contributed by atoms with Crippen molar-refractivity contribution < 1.29 is 87.1 Å². The van der Waals surface area contributed by atoms with Gasteiger partial charge in [0, 0.05) is 54.3 Å². The van der Waals surface area contributed by atoms with Gasteiger partial charge in [0.15, 0.2) is 0 Å². The number of nitrogens with zero attached hydrogens (tertiary/aromatic N) is 6. The third kappa shape index (κ3) is 15.8.